The molecule has 0 saturated heterocycles. The van der Waals surface area contributed by atoms with E-state index in [9.17, 15) is 4.79 Å². The zero-order chi connectivity index (χ0) is 25.4. The molecule has 0 spiro atoms. The highest BCUT2D eigenvalue weighted by atomic mass is 32.2. The van der Waals surface area contributed by atoms with E-state index in [1.54, 1.807) is 4.52 Å². The number of fused-ring (bicyclic) bond motifs is 3. The van der Waals surface area contributed by atoms with Crippen LogP contribution in [0.15, 0.2) is 47.6 Å². The van der Waals surface area contributed by atoms with Crippen molar-refractivity contribution in [1.29, 1.82) is 0 Å². The first-order chi connectivity index (χ1) is 17.3. The lowest BCUT2D eigenvalue weighted by Crippen LogP contribution is -2.16. The van der Waals surface area contributed by atoms with Gasteiger partial charge in [0.25, 0.3) is 0 Å². The molecule has 0 radical (unpaired) electrons. The predicted octanol–water partition coefficient (Wildman–Crippen LogP) is 4.99. The number of benzene rings is 2. The van der Waals surface area contributed by atoms with E-state index in [1.807, 2.05) is 56.6 Å². The summed E-state index contributed by atoms with van der Waals surface area (Å²) >= 11 is 1.36. The lowest BCUT2D eigenvalue weighted by molar-refractivity contribution is -0.113. The Morgan fingerprint density at radius 2 is 1.72 bits per heavy atom. The molecule has 0 fully saturated rings. The second-order valence-electron chi connectivity index (χ2n) is 9.19. The number of anilines is 1. The smallest absolute Gasteiger partial charge is 0.234 e. The van der Waals surface area contributed by atoms with Gasteiger partial charge >= 0.3 is 0 Å². The fourth-order valence-corrected chi connectivity index (χ4v) is 5.31. The molecule has 36 heavy (non-hydrogen) atoms. The number of para-hydroxylation sites is 1. The van der Waals surface area contributed by atoms with Crippen LogP contribution in [0.5, 0.6) is 0 Å². The molecule has 0 saturated carbocycles. The highest BCUT2D eigenvalue weighted by Gasteiger charge is 2.16. The third-order valence-corrected chi connectivity index (χ3v) is 7.05. The van der Waals surface area contributed by atoms with Crippen molar-refractivity contribution in [3.63, 3.8) is 0 Å². The zero-order valence-corrected chi connectivity index (χ0v) is 22.0. The van der Waals surface area contributed by atoms with Gasteiger partial charge < -0.3 is 5.32 Å². The second-order valence-corrected chi connectivity index (χ2v) is 10.1. The van der Waals surface area contributed by atoms with Gasteiger partial charge in [-0.05, 0) is 63.9 Å². The first-order valence-electron chi connectivity index (χ1n) is 11.9. The molecule has 8 nitrogen and oxygen atoms in total. The van der Waals surface area contributed by atoms with Crippen LogP contribution in [-0.4, -0.2) is 41.0 Å². The second kappa shape index (κ2) is 9.73. The minimum atomic E-state index is -0.0805. The van der Waals surface area contributed by atoms with Crippen LogP contribution in [0.25, 0.3) is 16.6 Å². The third-order valence-electron chi connectivity index (χ3n) is 6.12. The molecular weight excluding hydrogens is 470 g/mol. The molecule has 0 aliphatic rings. The number of hydrogen-bond acceptors (Lipinski definition) is 6. The number of carbonyl (C=O) groups is 1. The van der Waals surface area contributed by atoms with Gasteiger partial charge in [-0.1, -0.05) is 41.6 Å². The Bertz CT molecular complexity index is 1580. The van der Waals surface area contributed by atoms with Crippen molar-refractivity contribution < 1.29 is 4.79 Å². The Hall–Kier alpha value is -3.72. The van der Waals surface area contributed by atoms with E-state index in [4.69, 9.17) is 15.1 Å². The molecule has 0 atom stereocenters. The first kappa shape index (κ1) is 24.0. The van der Waals surface area contributed by atoms with E-state index >= 15 is 0 Å². The van der Waals surface area contributed by atoms with Crippen molar-refractivity contribution in [2.45, 2.75) is 52.7 Å². The number of aryl methyl sites for hydroxylation is 7. The van der Waals surface area contributed by atoms with Crippen molar-refractivity contribution in [3.05, 3.63) is 76.4 Å². The van der Waals surface area contributed by atoms with E-state index < -0.39 is 0 Å². The van der Waals surface area contributed by atoms with Crippen molar-refractivity contribution in [2.75, 3.05) is 11.1 Å². The van der Waals surface area contributed by atoms with Gasteiger partial charge in [0.15, 0.2) is 16.6 Å². The van der Waals surface area contributed by atoms with E-state index in [-0.39, 0.29) is 11.7 Å². The summed E-state index contributed by atoms with van der Waals surface area (Å²) in [5.41, 5.74) is 7.85. The van der Waals surface area contributed by atoms with E-state index in [0.29, 0.717) is 18.1 Å². The highest BCUT2D eigenvalue weighted by molar-refractivity contribution is 7.99. The normalized spacial score (nSPS) is 11.5. The van der Waals surface area contributed by atoms with Crippen LogP contribution in [0.1, 0.15) is 33.9 Å². The lowest BCUT2D eigenvalue weighted by atomic mass is 10.1. The van der Waals surface area contributed by atoms with Gasteiger partial charge in [-0.15, -0.1) is 5.10 Å². The van der Waals surface area contributed by atoms with Gasteiger partial charge in [-0.2, -0.15) is 9.61 Å². The molecule has 0 aliphatic heterocycles. The maximum atomic E-state index is 12.9. The number of hydrogen-bond donors (Lipinski definition) is 1. The van der Waals surface area contributed by atoms with Crippen molar-refractivity contribution >= 4 is 39.9 Å². The molecule has 0 unspecified atom stereocenters. The van der Waals surface area contributed by atoms with Crippen molar-refractivity contribution in [1.82, 2.24) is 29.4 Å². The number of nitrogens with one attached hydrogen (secondary N) is 1. The summed E-state index contributed by atoms with van der Waals surface area (Å²) in [6.45, 7) is 10.8. The van der Waals surface area contributed by atoms with Crippen LogP contribution >= 0.6 is 11.8 Å². The summed E-state index contributed by atoms with van der Waals surface area (Å²) in [5.74, 6) is 0.856. The lowest BCUT2D eigenvalue weighted by Gasteiger charge is -2.13. The Morgan fingerprint density at radius 3 is 2.44 bits per heavy atom. The molecule has 184 valence electrons. The third kappa shape index (κ3) is 4.83. The molecular formula is C27H29N7OS. The summed E-state index contributed by atoms with van der Waals surface area (Å²) in [6.07, 6.45) is 0.647. The Balaban J connectivity index is 1.40. The van der Waals surface area contributed by atoms with E-state index in [2.05, 4.69) is 35.5 Å². The van der Waals surface area contributed by atoms with Crippen molar-refractivity contribution in [3.8, 4) is 0 Å². The molecule has 5 aromatic rings. The van der Waals surface area contributed by atoms with E-state index in [1.165, 1.54) is 17.3 Å². The summed E-state index contributed by atoms with van der Waals surface area (Å²) in [4.78, 5) is 22.5. The first-order valence-corrected chi connectivity index (χ1v) is 12.9. The van der Waals surface area contributed by atoms with Gasteiger partial charge in [0.1, 0.15) is 0 Å². The Morgan fingerprint density at radius 1 is 0.972 bits per heavy atom. The van der Waals surface area contributed by atoms with Crippen LogP contribution in [0, 0.1) is 34.6 Å². The average Bonchev–Trinajstić information content (AvgIpc) is 3.40. The maximum absolute atomic E-state index is 12.9. The number of thioether (sulfide) groups is 1. The summed E-state index contributed by atoms with van der Waals surface area (Å²) in [5, 5.41) is 13.9. The van der Waals surface area contributed by atoms with Crippen LogP contribution < -0.4 is 5.32 Å². The number of nitrogens with zero attached hydrogens (tertiary/aromatic N) is 6. The fourth-order valence-electron chi connectivity index (χ4n) is 4.56. The standard InChI is InChI=1S/C27H29N7OS/c1-16-12-17(2)25(18(3)13-16)30-24(35)15-36-27-28-22-9-7-6-8-21(22)26-29-23(32-34(26)27)10-11-33-20(5)14-19(4)31-33/h6-9,12-14H,10-11,15H2,1-5H3,(H,30,35). The van der Waals surface area contributed by atoms with Gasteiger partial charge in [-0.25, -0.2) is 9.97 Å². The number of amides is 1. The topological polar surface area (TPSA) is 90.0 Å². The molecule has 0 bridgehead atoms. The van der Waals surface area contributed by atoms with Gasteiger partial charge in [0.05, 0.1) is 17.0 Å². The summed E-state index contributed by atoms with van der Waals surface area (Å²) in [7, 11) is 0. The minimum Gasteiger partial charge on any atom is -0.325 e. The van der Waals surface area contributed by atoms with Crippen LogP contribution in [-0.2, 0) is 17.8 Å². The van der Waals surface area contributed by atoms with Crippen molar-refractivity contribution in [2.24, 2.45) is 0 Å². The minimum absolute atomic E-state index is 0.0805. The maximum Gasteiger partial charge on any atom is 0.234 e. The molecule has 3 aromatic heterocycles. The largest absolute Gasteiger partial charge is 0.325 e. The molecule has 5 rings (SSSR count). The monoisotopic (exact) mass is 499 g/mol. The number of aromatic nitrogens is 6. The Kier molecular flexibility index (Phi) is 6.49. The Labute approximate surface area is 214 Å². The van der Waals surface area contributed by atoms with Gasteiger partial charge in [0.2, 0.25) is 5.91 Å². The molecule has 1 amide bonds. The van der Waals surface area contributed by atoms with Gasteiger partial charge in [0, 0.05) is 29.7 Å². The van der Waals surface area contributed by atoms with Crippen LogP contribution in [0.3, 0.4) is 0 Å². The summed E-state index contributed by atoms with van der Waals surface area (Å²) < 4.78 is 3.74. The zero-order valence-electron chi connectivity index (χ0n) is 21.2. The fraction of sp³-hybridized carbons (Fsp3) is 0.296. The molecule has 2 aromatic carbocycles. The number of carbonyl (C=O) groups excluding carboxylic acids is 1. The molecule has 1 N–H and O–H groups in total. The van der Waals surface area contributed by atoms with Gasteiger partial charge in [-0.3, -0.25) is 9.48 Å². The molecule has 9 heteroatoms. The number of rotatable bonds is 7. The molecule has 0 aliphatic carbocycles. The average molecular weight is 500 g/mol. The molecule has 3 heterocycles. The summed E-state index contributed by atoms with van der Waals surface area (Å²) in [6, 6.07) is 14.1. The van der Waals surface area contributed by atoms with Crippen LogP contribution in [0.4, 0.5) is 5.69 Å². The predicted molar refractivity (Wildman–Crippen MR) is 144 cm³/mol. The van der Waals surface area contributed by atoms with E-state index in [0.717, 1.165) is 50.6 Å². The van der Waals surface area contributed by atoms with Crippen LogP contribution in [0.2, 0.25) is 0 Å². The highest BCUT2D eigenvalue weighted by Crippen LogP contribution is 2.26. The SMILES string of the molecule is Cc1cc(C)c(NC(=O)CSc2nc3ccccc3c3nc(CCn4nc(C)cc4C)nn23)c(C)c1. The quantitative estimate of drug-likeness (QED) is 0.251.